The molecule has 1 unspecified atom stereocenters. The van der Waals surface area contributed by atoms with E-state index in [4.69, 9.17) is 5.26 Å². The Hall–Kier alpha value is -1.14. The van der Waals surface area contributed by atoms with Gasteiger partial charge in [-0.05, 0) is 29.0 Å². The highest BCUT2D eigenvalue weighted by Gasteiger charge is 2.24. The Labute approximate surface area is 125 Å². The number of nitriles is 1. The fourth-order valence-corrected chi connectivity index (χ4v) is 2.91. The molecular formula is C12H16IN5O. The summed E-state index contributed by atoms with van der Waals surface area (Å²) in [5.41, 5.74) is -0.100. The van der Waals surface area contributed by atoms with Gasteiger partial charge in [0, 0.05) is 26.2 Å². The van der Waals surface area contributed by atoms with E-state index < -0.39 is 0 Å². The molecule has 1 fully saturated rings. The second kappa shape index (κ2) is 6.34. The van der Waals surface area contributed by atoms with E-state index in [1.165, 1.54) is 6.33 Å². The van der Waals surface area contributed by atoms with Crippen LogP contribution in [0.15, 0.2) is 11.1 Å². The summed E-state index contributed by atoms with van der Waals surface area (Å²) >= 11 is 2.03. The number of piperazine rings is 1. The van der Waals surface area contributed by atoms with Crippen LogP contribution < -0.4 is 10.5 Å². The molecule has 0 saturated carbocycles. The van der Waals surface area contributed by atoms with Crippen LogP contribution in [0.25, 0.3) is 0 Å². The van der Waals surface area contributed by atoms with Gasteiger partial charge in [-0.2, -0.15) is 5.26 Å². The van der Waals surface area contributed by atoms with E-state index in [2.05, 4.69) is 25.8 Å². The molecule has 1 aromatic rings. The average molecular weight is 373 g/mol. The highest BCUT2D eigenvalue weighted by atomic mass is 127. The number of nitrogens with zero attached hydrogens (tertiary/aromatic N) is 4. The summed E-state index contributed by atoms with van der Waals surface area (Å²) in [6, 6.07) is 2.33. The van der Waals surface area contributed by atoms with E-state index in [0.29, 0.717) is 3.57 Å². The summed E-state index contributed by atoms with van der Waals surface area (Å²) in [6.07, 6.45) is 2.29. The van der Waals surface area contributed by atoms with Crippen LogP contribution in [0.3, 0.4) is 0 Å². The van der Waals surface area contributed by atoms with Crippen LogP contribution in [-0.2, 0) is 0 Å². The number of hydrogen-bond acceptors (Lipinski definition) is 5. The second-order valence-corrected chi connectivity index (χ2v) is 5.52. The maximum atomic E-state index is 11.6. The van der Waals surface area contributed by atoms with Crippen molar-refractivity contribution in [3.63, 3.8) is 0 Å². The normalized spacial score (nSPS) is 18.1. The lowest BCUT2D eigenvalue weighted by atomic mass is 10.2. The molecule has 1 aromatic heterocycles. The third kappa shape index (κ3) is 3.06. The molecule has 7 heteroatoms. The fraction of sp³-hybridized carbons (Fsp3) is 0.583. The molecule has 2 rings (SSSR count). The van der Waals surface area contributed by atoms with Gasteiger partial charge in [-0.1, -0.05) is 6.92 Å². The molecule has 0 spiro atoms. The molecule has 0 aliphatic carbocycles. The molecule has 0 aromatic carbocycles. The molecule has 0 amide bonds. The fourth-order valence-electron chi connectivity index (χ4n) is 2.27. The summed E-state index contributed by atoms with van der Waals surface area (Å²) in [7, 11) is 0. The monoisotopic (exact) mass is 373 g/mol. The topological polar surface area (TPSA) is 76.0 Å². The first-order chi connectivity index (χ1) is 9.17. The predicted molar refractivity (Wildman–Crippen MR) is 81.1 cm³/mol. The Morgan fingerprint density at radius 1 is 1.53 bits per heavy atom. The highest BCUT2D eigenvalue weighted by Crippen LogP contribution is 2.18. The Balaban J connectivity index is 2.06. The standard InChI is InChI=1S/C12H16IN5O/c1-2-9(7-14)17-3-5-18(6-4-17)11-10(13)12(19)16-8-15-11/h8-9H,2-6H2,1H3,(H,15,16,19). The number of hydrogen-bond donors (Lipinski definition) is 1. The van der Waals surface area contributed by atoms with Crippen LogP contribution in [0.4, 0.5) is 5.82 Å². The molecule has 2 heterocycles. The number of H-pyrrole nitrogens is 1. The van der Waals surface area contributed by atoms with Crippen LogP contribution in [0.2, 0.25) is 0 Å². The van der Waals surface area contributed by atoms with Gasteiger partial charge in [-0.3, -0.25) is 9.69 Å². The van der Waals surface area contributed by atoms with Gasteiger partial charge >= 0.3 is 0 Å². The quantitative estimate of drug-likeness (QED) is 0.794. The highest BCUT2D eigenvalue weighted by molar-refractivity contribution is 14.1. The van der Waals surface area contributed by atoms with E-state index in [0.717, 1.165) is 38.4 Å². The van der Waals surface area contributed by atoms with Gasteiger partial charge in [0.1, 0.15) is 9.39 Å². The van der Waals surface area contributed by atoms with E-state index in [1.54, 1.807) is 0 Å². The average Bonchev–Trinajstić information content (AvgIpc) is 2.44. The lowest BCUT2D eigenvalue weighted by Crippen LogP contribution is -2.50. The SMILES string of the molecule is CCC(C#N)N1CCN(c2nc[nH]c(=O)c2I)CC1. The largest absolute Gasteiger partial charge is 0.353 e. The van der Waals surface area contributed by atoms with E-state index >= 15 is 0 Å². The summed E-state index contributed by atoms with van der Waals surface area (Å²) in [5.74, 6) is 0.744. The molecule has 19 heavy (non-hydrogen) atoms. The second-order valence-electron chi connectivity index (χ2n) is 4.45. The molecule has 1 saturated heterocycles. The Morgan fingerprint density at radius 3 is 2.79 bits per heavy atom. The predicted octanol–water partition coefficient (Wildman–Crippen LogP) is 0.799. The first-order valence-corrected chi connectivity index (χ1v) is 7.37. The van der Waals surface area contributed by atoms with Gasteiger partial charge in [0.25, 0.3) is 5.56 Å². The molecule has 102 valence electrons. The number of aromatic amines is 1. The zero-order chi connectivity index (χ0) is 13.8. The van der Waals surface area contributed by atoms with E-state index in [9.17, 15) is 4.79 Å². The smallest absolute Gasteiger partial charge is 0.266 e. The van der Waals surface area contributed by atoms with Gasteiger partial charge in [0.15, 0.2) is 0 Å². The number of nitrogens with one attached hydrogen (secondary N) is 1. The third-order valence-electron chi connectivity index (χ3n) is 3.37. The minimum Gasteiger partial charge on any atom is -0.353 e. The summed E-state index contributed by atoms with van der Waals surface area (Å²) < 4.78 is 0.626. The van der Waals surface area contributed by atoms with Gasteiger partial charge in [-0.15, -0.1) is 0 Å². The van der Waals surface area contributed by atoms with Gasteiger partial charge in [0.05, 0.1) is 18.4 Å². The number of halogens is 1. The van der Waals surface area contributed by atoms with Crippen LogP contribution >= 0.6 is 22.6 Å². The van der Waals surface area contributed by atoms with Crippen molar-refractivity contribution in [2.24, 2.45) is 0 Å². The van der Waals surface area contributed by atoms with Crippen LogP contribution in [-0.4, -0.2) is 47.1 Å². The van der Waals surface area contributed by atoms with Crippen molar-refractivity contribution in [3.05, 3.63) is 20.3 Å². The minimum absolute atomic E-state index is 0.00615. The Morgan fingerprint density at radius 2 is 2.21 bits per heavy atom. The van der Waals surface area contributed by atoms with Crippen LogP contribution in [0, 0.1) is 14.9 Å². The lowest BCUT2D eigenvalue weighted by Gasteiger charge is -2.37. The van der Waals surface area contributed by atoms with Crippen molar-refractivity contribution in [1.29, 1.82) is 5.26 Å². The zero-order valence-corrected chi connectivity index (χ0v) is 12.9. The van der Waals surface area contributed by atoms with Crippen molar-refractivity contribution in [2.75, 3.05) is 31.1 Å². The number of rotatable bonds is 3. The summed E-state index contributed by atoms with van der Waals surface area (Å²) in [4.78, 5) is 22.7. The molecule has 1 N–H and O–H groups in total. The van der Waals surface area contributed by atoms with Crippen molar-refractivity contribution in [3.8, 4) is 6.07 Å². The van der Waals surface area contributed by atoms with Gasteiger partial charge in [-0.25, -0.2) is 4.98 Å². The zero-order valence-electron chi connectivity index (χ0n) is 10.8. The van der Waals surface area contributed by atoms with Crippen molar-refractivity contribution in [1.82, 2.24) is 14.9 Å². The molecule has 6 nitrogen and oxygen atoms in total. The van der Waals surface area contributed by atoms with Crippen molar-refractivity contribution < 1.29 is 0 Å². The summed E-state index contributed by atoms with van der Waals surface area (Å²) in [6.45, 7) is 5.28. The minimum atomic E-state index is -0.100. The molecule has 0 bridgehead atoms. The van der Waals surface area contributed by atoms with Crippen LogP contribution in [0.5, 0.6) is 0 Å². The Kier molecular flexibility index (Phi) is 4.76. The number of aromatic nitrogens is 2. The lowest BCUT2D eigenvalue weighted by molar-refractivity contribution is 0.216. The van der Waals surface area contributed by atoms with E-state index in [-0.39, 0.29) is 11.6 Å². The Bertz CT molecular complexity index is 530. The van der Waals surface area contributed by atoms with Crippen LogP contribution in [0.1, 0.15) is 13.3 Å². The molecular weight excluding hydrogens is 357 g/mol. The maximum Gasteiger partial charge on any atom is 0.266 e. The summed E-state index contributed by atoms with van der Waals surface area (Å²) in [5, 5.41) is 9.08. The number of anilines is 1. The van der Waals surface area contributed by atoms with Gasteiger partial charge in [0.2, 0.25) is 0 Å². The maximum absolute atomic E-state index is 11.6. The molecule has 0 radical (unpaired) electrons. The van der Waals surface area contributed by atoms with Crippen molar-refractivity contribution in [2.45, 2.75) is 19.4 Å². The van der Waals surface area contributed by atoms with E-state index in [1.807, 2.05) is 29.5 Å². The first-order valence-electron chi connectivity index (χ1n) is 6.29. The van der Waals surface area contributed by atoms with Gasteiger partial charge < -0.3 is 9.88 Å². The van der Waals surface area contributed by atoms with Crippen molar-refractivity contribution >= 4 is 28.4 Å². The molecule has 1 aliphatic rings. The molecule has 1 atom stereocenters. The third-order valence-corrected chi connectivity index (χ3v) is 4.34. The first kappa shape index (κ1) is 14.3. The molecule has 1 aliphatic heterocycles.